The molecular formula is C25H21ClN2O3. The van der Waals surface area contributed by atoms with Crippen LogP contribution in [0.1, 0.15) is 18.9 Å². The van der Waals surface area contributed by atoms with Crippen molar-refractivity contribution in [2.45, 2.75) is 13.3 Å². The van der Waals surface area contributed by atoms with Crippen LogP contribution in [0.5, 0.6) is 5.75 Å². The van der Waals surface area contributed by atoms with E-state index in [0.717, 1.165) is 6.42 Å². The van der Waals surface area contributed by atoms with Crippen molar-refractivity contribution in [1.82, 2.24) is 0 Å². The van der Waals surface area contributed by atoms with Gasteiger partial charge in [0.2, 0.25) is 0 Å². The smallest absolute Gasteiger partial charge is 0.282 e. The van der Waals surface area contributed by atoms with Crippen molar-refractivity contribution in [3.63, 3.8) is 0 Å². The third kappa shape index (κ3) is 4.32. The lowest BCUT2D eigenvalue weighted by atomic mass is 10.0. The maximum absolute atomic E-state index is 13.4. The molecule has 1 heterocycles. The van der Waals surface area contributed by atoms with Crippen LogP contribution < -0.4 is 15.0 Å². The predicted molar refractivity (Wildman–Crippen MR) is 123 cm³/mol. The first-order valence-corrected chi connectivity index (χ1v) is 10.4. The molecule has 2 amide bonds. The molecule has 156 valence electrons. The van der Waals surface area contributed by atoms with E-state index in [9.17, 15) is 9.59 Å². The molecular weight excluding hydrogens is 412 g/mol. The molecule has 0 unspecified atom stereocenters. The van der Waals surface area contributed by atoms with E-state index in [1.165, 1.54) is 4.90 Å². The van der Waals surface area contributed by atoms with Crippen molar-refractivity contribution in [2.75, 3.05) is 16.8 Å². The SMILES string of the molecule is CCCOc1cccc(NC2=C(c3ccccc3)C(=O)N(c3ccc(Cl)cc3)C2=O)c1. The van der Waals surface area contributed by atoms with Crippen molar-refractivity contribution < 1.29 is 14.3 Å². The van der Waals surface area contributed by atoms with E-state index >= 15 is 0 Å². The molecule has 4 rings (SSSR count). The van der Waals surface area contributed by atoms with Crippen LogP contribution in [0, 0.1) is 0 Å². The van der Waals surface area contributed by atoms with Crippen LogP contribution in [0.2, 0.25) is 5.02 Å². The van der Waals surface area contributed by atoms with E-state index in [1.807, 2.05) is 61.5 Å². The highest BCUT2D eigenvalue weighted by Crippen LogP contribution is 2.34. The van der Waals surface area contributed by atoms with Crippen LogP contribution >= 0.6 is 11.6 Å². The zero-order valence-corrected chi connectivity index (χ0v) is 17.7. The molecule has 0 fully saturated rings. The standard InChI is InChI=1S/C25H21ClN2O3/c1-2-15-31-21-10-6-9-19(16-21)27-23-22(17-7-4-3-5-8-17)24(29)28(25(23)30)20-13-11-18(26)12-14-20/h3-14,16,27H,2,15H2,1H3. The number of benzene rings is 3. The van der Waals surface area contributed by atoms with Gasteiger partial charge in [-0.25, -0.2) is 4.90 Å². The molecule has 0 saturated heterocycles. The number of halogens is 1. The number of nitrogens with zero attached hydrogens (tertiary/aromatic N) is 1. The Balaban J connectivity index is 1.74. The fourth-order valence-corrected chi connectivity index (χ4v) is 3.50. The molecule has 0 aromatic heterocycles. The number of carbonyl (C=O) groups excluding carboxylic acids is 2. The van der Waals surface area contributed by atoms with Crippen LogP contribution in [-0.4, -0.2) is 18.4 Å². The third-order valence-electron chi connectivity index (χ3n) is 4.81. The number of ether oxygens (including phenoxy) is 1. The van der Waals surface area contributed by atoms with Crippen molar-refractivity contribution in [3.05, 3.63) is 95.1 Å². The van der Waals surface area contributed by atoms with Crippen LogP contribution in [0.15, 0.2) is 84.6 Å². The van der Waals surface area contributed by atoms with Gasteiger partial charge in [0.25, 0.3) is 11.8 Å². The molecule has 0 radical (unpaired) electrons. The summed E-state index contributed by atoms with van der Waals surface area (Å²) in [6.45, 7) is 2.64. The van der Waals surface area contributed by atoms with Gasteiger partial charge in [-0.3, -0.25) is 9.59 Å². The molecule has 1 N–H and O–H groups in total. The van der Waals surface area contributed by atoms with Crippen molar-refractivity contribution in [3.8, 4) is 5.75 Å². The van der Waals surface area contributed by atoms with Crippen LogP contribution in [-0.2, 0) is 9.59 Å². The fourth-order valence-electron chi connectivity index (χ4n) is 3.37. The Morgan fingerprint density at radius 1 is 0.903 bits per heavy atom. The number of rotatable bonds is 7. The molecule has 1 aliphatic heterocycles. The highest BCUT2D eigenvalue weighted by molar-refractivity contribution is 6.46. The summed E-state index contributed by atoms with van der Waals surface area (Å²) in [5.41, 5.74) is 2.33. The van der Waals surface area contributed by atoms with E-state index in [4.69, 9.17) is 16.3 Å². The molecule has 1 aliphatic rings. The zero-order valence-electron chi connectivity index (χ0n) is 17.0. The fraction of sp³-hybridized carbons (Fsp3) is 0.120. The third-order valence-corrected chi connectivity index (χ3v) is 5.06. The number of hydrogen-bond acceptors (Lipinski definition) is 4. The minimum atomic E-state index is -0.425. The van der Waals surface area contributed by atoms with Gasteiger partial charge in [-0.05, 0) is 48.4 Å². The summed E-state index contributed by atoms with van der Waals surface area (Å²) in [4.78, 5) is 27.9. The van der Waals surface area contributed by atoms with Gasteiger partial charge < -0.3 is 10.1 Å². The van der Waals surface area contributed by atoms with Crippen molar-refractivity contribution in [1.29, 1.82) is 0 Å². The Kier molecular flexibility index (Phi) is 6.05. The Morgan fingerprint density at radius 2 is 1.65 bits per heavy atom. The normalized spacial score (nSPS) is 13.7. The van der Waals surface area contributed by atoms with E-state index in [1.54, 1.807) is 24.3 Å². The minimum absolute atomic E-state index is 0.221. The Hall–Kier alpha value is -3.57. The molecule has 0 saturated carbocycles. The molecule has 0 bridgehead atoms. The first-order valence-electron chi connectivity index (χ1n) is 10.0. The number of nitrogens with one attached hydrogen (secondary N) is 1. The van der Waals surface area contributed by atoms with Crippen LogP contribution in [0.4, 0.5) is 11.4 Å². The highest BCUT2D eigenvalue weighted by atomic mass is 35.5. The van der Waals surface area contributed by atoms with Gasteiger partial charge in [0.1, 0.15) is 11.4 Å². The van der Waals surface area contributed by atoms with Gasteiger partial charge >= 0.3 is 0 Å². The summed E-state index contributed by atoms with van der Waals surface area (Å²) in [6.07, 6.45) is 0.893. The molecule has 6 heteroatoms. The average Bonchev–Trinajstić information content (AvgIpc) is 3.03. The summed E-state index contributed by atoms with van der Waals surface area (Å²) < 4.78 is 5.69. The summed E-state index contributed by atoms with van der Waals surface area (Å²) in [5.74, 6) is -0.120. The van der Waals surface area contributed by atoms with Gasteiger partial charge in [-0.15, -0.1) is 0 Å². The predicted octanol–water partition coefficient (Wildman–Crippen LogP) is 5.53. The summed E-state index contributed by atoms with van der Waals surface area (Å²) in [5, 5.41) is 3.69. The molecule has 0 spiro atoms. The maximum atomic E-state index is 13.4. The summed E-state index contributed by atoms with van der Waals surface area (Å²) >= 11 is 5.98. The number of carbonyl (C=O) groups is 2. The largest absolute Gasteiger partial charge is 0.494 e. The Bertz CT molecular complexity index is 1140. The van der Waals surface area contributed by atoms with Gasteiger partial charge in [0.15, 0.2) is 0 Å². The van der Waals surface area contributed by atoms with Crippen molar-refractivity contribution >= 4 is 40.4 Å². The van der Waals surface area contributed by atoms with E-state index in [0.29, 0.717) is 39.9 Å². The number of hydrogen-bond donors (Lipinski definition) is 1. The van der Waals surface area contributed by atoms with E-state index in [2.05, 4.69) is 5.32 Å². The second-order valence-corrected chi connectivity index (χ2v) is 7.48. The molecule has 5 nitrogen and oxygen atoms in total. The number of amides is 2. The van der Waals surface area contributed by atoms with E-state index in [-0.39, 0.29) is 11.6 Å². The number of anilines is 2. The van der Waals surface area contributed by atoms with E-state index < -0.39 is 5.91 Å². The van der Waals surface area contributed by atoms with Gasteiger partial charge in [-0.2, -0.15) is 0 Å². The van der Waals surface area contributed by atoms with Gasteiger partial charge in [0.05, 0.1) is 17.9 Å². The second-order valence-electron chi connectivity index (χ2n) is 7.04. The lowest BCUT2D eigenvalue weighted by Gasteiger charge is -2.15. The molecule has 31 heavy (non-hydrogen) atoms. The average molecular weight is 433 g/mol. The Morgan fingerprint density at radius 3 is 2.35 bits per heavy atom. The molecule has 3 aromatic rings. The summed E-state index contributed by atoms with van der Waals surface area (Å²) in [7, 11) is 0. The highest BCUT2D eigenvalue weighted by Gasteiger charge is 2.40. The zero-order chi connectivity index (χ0) is 21.8. The lowest BCUT2D eigenvalue weighted by Crippen LogP contribution is -2.32. The first kappa shape index (κ1) is 20.7. The second kappa shape index (κ2) is 9.06. The molecule has 0 aliphatic carbocycles. The Labute approximate surface area is 185 Å². The lowest BCUT2D eigenvalue weighted by molar-refractivity contribution is -0.120. The van der Waals surface area contributed by atoms with Crippen LogP contribution in [0.3, 0.4) is 0 Å². The van der Waals surface area contributed by atoms with Crippen molar-refractivity contribution in [2.24, 2.45) is 0 Å². The number of imide groups is 1. The van der Waals surface area contributed by atoms with Crippen LogP contribution in [0.25, 0.3) is 5.57 Å². The van der Waals surface area contributed by atoms with Gasteiger partial charge in [-0.1, -0.05) is 54.9 Å². The topological polar surface area (TPSA) is 58.6 Å². The monoisotopic (exact) mass is 432 g/mol. The molecule has 3 aromatic carbocycles. The maximum Gasteiger partial charge on any atom is 0.282 e. The first-order chi connectivity index (χ1) is 15.1. The minimum Gasteiger partial charge on any atom is -0.494 e. The van der Waals surface area contributed by atoms with Gasteiger partial charge in [0, 0.05) is 16.8 Å². The summed E-state index contributed by atoms with van der Waals surface area (Å²) in [6, 6.07) is 23.1. The molecule has 0 atom stereocenters. The quantitative estimate of drug-likeness (QED) is 0.499.